The Balaban J connectivity index is 2.13. The molecule has 1 aliphatic rings. The molecule has 0 fully saturated rings. The lowest BCUT2D eigenvalue weighted by atomic mass is 10.0. The quantitative estimate of drug-likeness (QED) is 0.880. The van der Waals surface area contributed by atoms with Crippen LogP contribution in [0.2, 0.25) is 0 Å². The van der Waals surface area contributed by atoms with Crippen LogP contribution < -0.4 is 0 Å². The van der Waals surface area contributed by atoms with Gasteiger partial charge in [-0.2, -0.15) is 0 Å². The van der Waals surface area contributed by atoms with Gasteiger partial charge >= 0.3 is 0 Å². The van der Waals surface area contributed by atoms with E-state index in [4.69, 9.17) is 5.11 Å². The van der Waals surface area contributed by atoms with Crippen LogP contribution in [0.15, 0.2) is 18.6 Å². The molecule has 0 bridgehead atoms. The Bertz CT molecular complexity index is 580. The third kappa shape index (κ3) is 1.71. The lowest BCUT2D eigenvalue weighted by Gasteiger charge is -2.14. The van der Waals surface area contributed by atoms with E-state index in [1.807, 2.05) is 0 Å². The first-order valence-electron chi connectivity index (χ1n) is 6.11. The van der Waals surface area contributed by atoms with Crippen molar-refractivity contribution in [3.05, 3.63) is 41.4 Å². The van der Waals surface area contributed by atoms with Gasteiger partial charge in [0.1, 0.15) is 6.33 Å². The predicted molar refractivity (Wildman–Crippen MR) is 63.9 cm³/mol. The van der Waals surface area contributed by atoms with Gasteiger partial charge in [0.15, 0.2) is 11.6 Å². The number of aliphatic hydroxyl groups excluding tert-OH is 1. The first-order chi connectivity index (χ1) is 8.81. The summed E-state index contributed by atoms with van der Waals surface area (Å²) in [6.45, 7) is -0.321. The maximum absolute atomic E-state index is 14.1. The van der Waals surface area contributed by atoms with Gasteiger partial charge in [-0.1, -0.05) is 0 Å². The minimum Gasteiger partial charge on any atom is -0.392 e. The smallest absolute Gasteiger partial charge is 0.174 e. The second kappa shape index (κ2) is 4.49. The number of aliphatic hydroxyl groups is 1. The summed E-state index contributed by atoms with van der Waals surface area (Å²) in [5.74, 6) is -0.233. The number of hydrogen-bond acceptors (Lipinski definition) is 3. The maximum atomic E-state index is 14.1. The van der Waals surface area contributed by atoms with Crippen molar-refractivity contribution in [1.29, 1.82) is 0 Å². The van der Waals surface area contributed by atoms with E-state index >= 15 is 0 Å². The molecule has 5 heteroatoms. The molecule has 94 valence electrons. The number of aromatic nitrogens is 3. The van der Waals surface area contributed by atoms with Gasteiger partial charge in [-0.05, 0) is 31.7 Å². The molecule has 0 spiro atoms. The van der Waals surface area contributed by atoms with E-state index in [0.717, 1.165) is 37.1 Å². The van der Waals surface area contributed by atoms with E-state index in [9.17, 15) is 4.39 Å². The Labute approximate surface area is 104 Å². The van der Waals surface area contributed by atoms with Gasteiger partial charge in [0.05, 0.1) is 12.3 Å². The molecule has 0 unspecified atom stereocenters. The summed E-state index contributed by atoms with van der Waals surface area (Å²) >= 11 is 0. The molecule has 3 rings (SSSR count). The van der Waals surface area contributed by atoms with E-state index in [1.54, 1.807) is 10.9 Å². The monoisotopic (exact) mass is 247 g/mol. The molecule has 2 aromatic heterocycles. The average molecular weight is 247 g/mol. The van der Waals surface area contributed by atoms with E-state index < -0.39 is 5.82 Å². The highest BCUT2D eigenvalue weighted by atomic mass is 19.1. The van der Waals surface area contributed by atoms with Gasteiger partial charge in [-0.3, -0.25) is 4.57 Å². The summed E-state index contributed by atoms with van der Waals surface area (Å²) in [5, 5.41) is 9.09. The molecule has 0 aliphatic heterocycles. The van der Waals surface area contributed by atoms with Crippen molar-refractivity contribution >= 4 is 0 Å². The molecule has 0 saturated heterocycles. The van der Waals surface area contributed by atoms with Crippen LogP contribution in [-0.2, 0) is 19.4 Å². The minimum atomic E-state index is -0.467. The van der Waals surface area contributed by atoms with Crippen LogP contribution in [0.3, 0.4) is 0 Å². The molecule has 1 aliphatic carbocycles. The SMILES string of the molecule is OCc1ccnc(-n2cnc3c2CCCC3)c1F. The van der Waals surface area contributed by atoms with Crippen molar-refractivity contribution in [2.75, 3.05) is 0 Å². The number of nitrogens with zero attached hydrogens (tertiary/aromatic N) is 3. The number of aryl methyl sites for hydroxylation is 1. The molecule has 0 atom stereocenters. The van der Waals surface area contributed by atoms with Crippen molar-refractivity contribution in [3.63, 3.8) is 0 Å². The van der Waals surface area contributed by atoms with Gasteiger partial charge in [-0.25, -0.2) is 14.4 Å². The average Bonchev–Trinajstić information content (AvgIpc) is 2.83. The zero-order valence-corrected chi connectivity index (χ0v) is 9.93. The predicted octanol–water partition coefficient (Wildman–Crippen LogP) is 1.78. The van der Waals surface area contributed by atoms with Crippen LogP contribution in [0.25, 0.3) is 5.82 Å². The Morgan fingerprint density at radius 2 is 2.11 bits per heavy atom. The molecule has 4 nitrogen and oxygen atoms in total. The third-order valence-corrected chi connectivity index (χ3v) is 3.38. The molecular weight excluding hydrogens is 233 g/mol. The largest absolute Gasteiger partial charge is 0.392 e. The summed E-state index contributed by atoms with van der Waals surface area (Å²) in [4.78, 5) is 8.40. The van der Waals surface area contributed by atoms with Crippen LogP contribution in [0.1, 0.15) is 29.8 Å². The van der Waals surface area contributed by atoms with E-state index in [0.29, 0.717) is 0 Å². The van der Waals surface area contributed by atoms with Gasteiger partial charge in [-0.15, -0.1) is 0 Å². The zero-order valence-electron chi connectivity index (χ0n) is 9.93. The molecule has 1 N–H and O–H groups in total. The fourth-order valence-corrected chi connectivity index (χ4v) is 2.41. The van der Waals surface area contributed by atoms with Gasteiger partial charge in [0, 0.05) is 17.5 Å². The lowest BCUT2D eigenvalue weighted by Crippen LogP contribution is -2.10. The summed E-state index contributed by atoms with van der Waals surface area (Å²) < 4.78 is 15.8. The molecule has 0 amide bonds. The van der Waals surface area contributed by atoms with Gasteiger partial charge in [0.2, 0.25) is 0 Å². The normalized spacial score (nSPS) is 14.6. The van der Waals surface area contributed by atoms with E-state index in [2.05, 4.69) is 9.97 Å². The lowest BCUT2D eigenvalue weighted by molar-refractivity contribution is 0.275. The van der Waals surface area contributed by atoms with Crippen molar-refractivity contribution in [2.45, 2.75) is 32.3 Å². The summed E-state index contributed by atoms with van der Waals surface area (Å²) in [6.07, 6.45) is 7.22. The second-order valence-corrected chi connectivity index (χ2v) is 4.48. The number of fused-ring (bicyclic) bond motifs is 1. The standard InChI is InChI=1S/C13H14FN3O/c14-12-9(7-18)5-6-15-13(12)17-8-16-10-3-1-2-4-11(10)17/h5-6,8,18H,1-4,7H2. The van der Waals surface area contributed by atoms with Crippen LogP contribution in [0, 0.1) is 5.82 Å². The van der Waals surface area contributed by atoms with Gasteiger partial charge < -0.3 is 5.11 Å². The number of imidazole rings is 1. The molecule has 18 heavy (non-hydrogen) atoms. The highest BCUT2D eigenvalue weighted by Gasteiger charge is 2.19. The summed E-state index contributed by atoms with van der Waals surface area (Å²) in [7, 11) is 0. The van der Waals surface area contributed by atoms with E-state index in [1.165, 1.54) is 12.3 Å². The first kappa shape index (κ1) is 11.3. The second-order valence-electron chi connectivity index (χ2n) is 4.48. The van der Waals surface area contributed by atoms with Crippen molar-refractivity contribution in [2.24, 2.45) is 0 Å². The highest BCUT2D eigenvalue weighted by Crippen LogP contribution is 2.24. The minimum absolute atomic E-state index is 0.234. The topological polar surface area (TPSA) is 50.9 Å². The van der Waals surface area contributed by atoms with Crippen LogP contribution in [0.4, 0.5) is 4.39 Å². The number of pyridine rings is 1. The van der Waals surface area contributed by atoms with Crippen molar-refractivity contribution < 1.29 is 9.50 Å². The summed E-state index contributed by atoms with van der Waals surface area (Å²) in [5.41, 5.74) is 2.35. The number of rotatable bonds is 2. The Morgan fingerprint density at radius 1 is 1.28 bits per heavy atom. The van der Waals surface area contributed by atoms with Crippen LogP contribution in [-0.4, -0.2) is 19.6 Å². The maximum Gasteiger partial charge on any atom is 0.174 e. The van der Waals surface area contributed by atoms with Gasteiger partial charge in [0.25, 0.3) is 0 Å². The Kier molecular flexibility index (Phi) is 2.83. The van der Waals surface area contributed by atoms with Crippen molar-refractivity contribution in [1.82, 2.24) is 14.5 Å². The molecule has 0 saturated carbocycles. The van der Waals surface area contributed by atoms with Crippen LogP contribution >= 0.6 is 0 Å². The molecule has 0 aromatic carbocycles. The molecule has 2 heterocycles. The van der Waals surface area contributed by atoms with Crippen molar-refractivity contribution in [3.8, 4) is 5.82 Å². The Hall–Kier alpha value is -1.75. The fourth-order valence-electron chi connectivity index (χ4n) is 2.41. The highest BCUT2D eigenvalue weighted by molar-refractivity contribution is 5.34. The van der Waals surface area contributed by atoms with E-state index in [-0.39, 0.29) is 18.0 Å². The first-order valence-corrected chi connectivity index (χ1v) is 6.11. The third-order valence-electron chi connectivity index (χ3n) is 3.38. The molecule has 0 radical (unpaired) electrons. The number of hydrogen-bond donors (Lipinski definition) is 1. The molecular formula is C13H14FN3O. The number of halogens is 1. The summed E-state index contributed by atoms with van der Waals surface area (Å²) in [6, 6.07) is 1.49. The molecule has 2 aromatic rings. The Morgan fingerprint density at radius 3 is 2.94 bits per heavy atom. The zero-order chi connectivity index (χ0) is 12.5. The van der Waals surface area contributed by atoms with Crippen LogP contribution in [0.5, 0.6) is 0 Å². The fraction of sp³-hybridized carbons (Fsp3) is 0.385.